The van der Waals surface area contributed by atoms with Crippen molar-refractivity contribution in [3.05, 3.63) is 60.8 Å². The van der Waals surface area contributed by atoms with Crippen LogP contribution in [0.1, 0.15) is 226 Å². The molecule has 6 nitrogen and oxygen atoms in total. The second kappa shape index (κ2) is 45.8. The molecule has 0 saturated carbocycles. The molecule has 6 heteroatoms. The number of carbonyl (C=O) groups is 3. The summed E-state index contributed by atoms with van der Waals surface area (Å²) in [5, 5.41) is 0. The van der Waals surface area contributed by atoms with Gasteiger partial charge in [0, 0.05) is 19.3 Å². The summed E-state index contributed by atoms with van der Waals surface area (Å²) in [4.78, 5) is 37.8. The van der Waals surface area contributed by atoms with Crippen molar-refractivity contribution in [3.8, 4) is 0 Å². The van der Waals surface area contributed by atoms with Gasteiger partial charge >= 0.3 is 17.9 Å². The van der Waals surface area contributed by atoms with Gasteiger partial charge < -0.3 is 14.2 Å². The van der Waals surface area contributed by atoms with Gasteiger partial charge in [0.2, 0.25) is 0 Å². The van der Waals surface area contributed by atoms with Gasteiger partial charge in [-0.25, -0.2) is 0 Å². The van der Waals surface area contributed by atoms with Crippen LogP contribution >= 0.6 is 0 Å². The van der Waals surface area contributed by atoms with Crippen molar-refractivity contribution in [2.45, 2.75) is 232 Å². The van der Waals surface area contributed by atoms with Gasteiger partial charge in [0.15, 0.2) is 6.10 Å². The molecule has 0 fully saturated rings. The molecule has 0 aromatic carbocycles. The first-order chi connectivity index (χ1) is 28.0. The Labute approximate surface area is 351 Å². The third kappa shape index (κ3) is 44.1. The Morgan fingerprint density at radius 3 is 1.07 bits per heavy atom. The number of hydrogen-bond acceptors (Lipinski definition) is 6. The normalized spacial score (nSPS) is 12.5. The molecular formula is C51H88O6. The van der Waals surface area contributed by atoms with E-state index in [4.69, 9.17) is 14.2 Å². The molecule has 0 spiro atoms. The fourth-order valence-corrected chi connectivity index (χ4v) is 6.44. The topological polar surface area (TPSA) is 78.9 Å². The summed E-state index contributed by atoms with van der Waals surface area (Å²) < 4.78 is 16.7. The summed E-state index contributed by atoms with van der Waals surface area (Å²) in [6.45, 7) is 6.36. The van der Waals surface area contributed by atoms with Gasteiger partial charge in [-0.1, -0.05) is 178 Å². The molecule has 0 radical (unpaired) electrons. The van der Waals surface area contributed by atoms with E-state index in [1.54, 1.807) is 0 Å². The summed E-state index contributed by atoms with van der Waals surface area (Å²) in [5.41, 5.74) is 0. The summed E-state index contributed by atoms with van der Waals surface area (Å²) in [6, 6.07) is 0. The Bertz CT molecular complexity index is 1050. The van der Waals surface area contributed by atoms with Crippen LogP contribution in [0.15, 0.2) is 60.8 Å². The van der Waals surface area contributed by atoms with Crippen LogP contribution in [0.4, 0.5) is 0 Å². The highest BCUT2D eigenvalue weighted by molar-refractivity contribution is 5.71. The van der Waals surface area contributed by atoms with E-state index >= 15 is 0 Å². The maximum atomic E-state index is 12.7. The maximum Gasteiger partial charge on any atom is 0.306 e. The molecule has 0 amide bonds. The fourth-order valence-electron chi connectivity index (χ4n) is 6.44. The van der Waals surface area contributed by atoms with Crippen LogP contribution in [0.3, 0.4) is 0 Å². The largest absolute Gasteiger partial charge is 0.462 e. The number of allylic oxidation sites excluding steroid dienone is 10. The van der Waals surface area contributed by atoms with Gasteiger partial charge in [0.25, 0.3) is 0 Å². The van der Waals surface area contributed by atoms with E-state index in [0.717, 1.165) is 103 Å². The molecule has 0 aliphatic heterocycles. The lowest BCUT2D eigenvalue weighted by atomic mass is 10.1. The Balaban J connectivity index is 4.40. The van der Waals surface area contributed by atoms with E-state index < -0.39 is 6.10 Å². The zero-order chi connectivity index (χ0) is 41.5. The number of ether oxygens (including phenoxy) is 3. The fraction of sp³-hybridized carbons (Fsp3) is 0.745. The van der Waals surface area contributed by atoms with Crippen LogP contribution in [-0.4, -0.2) is 37.2 Å². The van der Waals surface area contributed by atoms with Crippen molar-refractivity contribution in [2.24, 2.45) is 0 Å². The average molecular weight is 797 g/mol. The molecule has 328 valence electrons. The van der Waals surface area contributed by atoms with Crippen molar-refractivity contribution >= 4 is 17.9 Å². The lowest BCUT2D eigenvalue weighted by Gasteiger charge is -2.18. The smallest absolute Gasteiger partial charge is 0.306 e. The predicted molar refractivity (Wildman–Crippen MR) is 242 cm³/mol. The predicted octanol–water partition coefficient (Wildman–Crippen LogP) is 15.3. The van der Waals surface area contributed by atoms with E-state index in [1.807, 2.05) is 0 Å². The monoisotopic (exact) mass is 797 g/mol. The zero-order valence-electron chi connectivity index (χ0n) is 37.3. The van der Waals surface area contributed by atoms with E-state index in [0.29, 0.717) is 19.3 Å². The minimum absolute atomic E-state index is 0.0846. The van der Waals surface area contributed by atoms with Crippen LogP contribution in [0.5, 0.6) is 0 Å². The van der Waals surface area contributed by atoms with Gasteiger partial charge in [-0.15, -0.1) is 0 Å². The molecule has 0 saturated heterocycles. The summed E-state index contributed by atoms with van der Waals surface area (Å²) in [6.07, 6.45) is 54.9. The molecule has 0 bridgehead atoms. The van der Waals surface area contributed by atoms with Crippen molar-refractivity contribution in [3.63, 3.8) is 0 Å². The summed E-state index contributed by atoms with van der Waals surface area (Å²) >= 11 is 0. The molecule has 0 heterocycles. The second-order valence-electron chi connectivity index (χ2n) is 15.6. The van der Waals surface area contributed by atoms with Gasteiger partial charge in [0.05, 0.1) is 0 Å². The second-order valence-corrected chi connectivity index (χ2v) is 15.6. The summed E-state index contributed by atoms with van der Waals surface area (Å²) in [5.74, 6) is -0.912. The van der Waals surface area contributed by atoms with E-state index in [2.05, 4.69) is 81.5 Å². The zero-order valence-corrected chi connectivity index (χ0v) is 37.3. The van der Waals surface area contributed by atoms with Crippen LogP contribution < -0.4 is 0 Å². The Hall–Kier alpha value is -2.89. The third-order valence-electron chi connectivity index (χ3n) is 9.99. The molecule has 57 heavy (non-hydrogen) atoms. The van der Waals surface area contributed by atoms with Crippen LogP contribution in [0.25, 0.3) is 0 Å². The molecule has 0 aromatic rings. The lowest BCUT2D eigenvalue weighted by molar-refractivity contribution is -0.167. The highest BCUT2D eigenvalue weighted by Crippen LogP contribution is 2.14. The average Bonchev–Trinajstić information content (AvgIpc) is 3.21. The highest BCUT2D eigenvalue weighted by atomic mass is 16.6. The summed E-state index contributed by atoms with van der Waals surface area (Å²) in [7, 11) is 0. The van der Waals surface area contributed by atoms with Crippen molar-refractivity contribution < 1.29 is 28.6 Å². The number of rotatable bonds is 42. The number of hydrogen-bond donors (Lipinski definition) is 0. The van der Waals surface area contributed by atoms with E-state index in [9.17, 15) is 14.4 Å². The first-order valence-electron chi connectivity index (χ1n) is 23.8. The Kier molecular flexibility index (Phi) is 43.5. The van der Waals surface area contributed by atoms with Crippen LogP contribution in [-0.2, 0) is 28.6 Å². The number of carbonyl (C=O) groups excluding carboxylic acids is 3. The molecule has 0 N–H and O–H groups in total. The number of unbranched alkanes of at least 4 members (excludes halogenated alkanes) is 21. The van der Waals surface area contributed by atoms with Gasteiger partial charge in [0.1, 0.15) is 13.2 Å². The molecular weight excluding hydrogens is 709 g/mol. The molecule has 1 atom stereocenters. The first kappa shape index (κ1) is 54.1. The van der Waals surface area contributed by atoms with E-state index in [1.165, 1.54) is 83.5 Å². The maximum absolute atomic E-state index is 12.7. The Morgan fingerprint density at radius 1 is 0.368 bits per heavy atom. The van der Waals surface area contributed by atoms with E-state index in [-0.39, 0.29) is 31.1 Å². The molecule has 0 aliphatic carbocycles. The van der Waals surface area contributed by atoms with Crippen molar-refractivity contribution in [2.75, 3.05) is 13.2 Å². The highest BCUT2D eigenvalue weighted by Gasteiger charge is 2.19. The third-order valence-corrected chi connectivity index (χ3v) is 9.99. The Morgan fingerprint density at radius 2 is 0.684 bits per heavy atom. The lowest BCUT2D eigenvalue weighted by Crippen LogP contribution is -2.30. The van der Waals surface area contributed by atoms with Crippen LogP contribution in [0, 0.1) is 0 Å². The standard InChI is InChI=1S/C51H88O6/c1-4-7-10-13-16-19-22-24-26-29-32-35-38-41-44-50(53)56-47-48(46-55-49(52)43-40-37-34-31-28-21-18-15-12-9-6-3)57-51(54)45-42-39-36-33-30-27-25-23-20-17-14-11-8-5-2/h7-8,10-11,15-20,48H,4-6,9,12-14,21-47H2,1-3H3/b10-7-,11-8-,18-15-,19-16-,20-17-. The molecule has 1 unspecified atom stereocenters. The first-order valence-corrected chi connectivity index (χ1v) is 23.8. The minimum atomic E-state index is -0.782. The van der Waals surface area contributed by atoms with Gasteiger partial charge in [-0.3, -0.25) is 14.4 Å². The van der Waals surface area contributed by atoms with Gasteiger partial charge in [-0.2, -0.15) is 0 Å². The van der Waals surface area contributed by atoms with Crippen molar-refractivity contribution in [1.82, 2.24) is 0 Å². The molecule has 0 aliphatic rings. The number of esters is 3. The SMILES string of the molecule is CC/C=C\C/C=C\CCCCCCCCCC(=O)OCC(COC(=O)CCCCCCC/C=C\CCCC)OC(=O)CCCCCCCCC/C=C\C/C=C\CC. The molecule has 0 aromatic heterocycles. The van der Waals surface area contributed by atoms with Crippen LogP contribution in [0.2, 0.25) is 0 Å². The molecule has 0 rings (SSSR count). The minimum Gasteiger partial charge on any atom is -0.462 e. The van der Waals surface area contributed by atoms with Crippen molar-refractivity contribution in [1.29, 1.82) is 0 Å². The van der Waals surface area contributed by atoms with Gasteiger partial charge in [-0.05, 0) is 89.9 Å². The quantitative estimate of drug-likeness (QED) is 0.0265.